The van der Waals surface area contributed by atoms with Crippen molar-refractivity contribution in [2.45, 2.75) is 152 Å². The SMILES string of the molecule is Cc1cc2c3c(c1C)Sc1cc(C(C)(C)C)ccc1N3B1c3sc4c(c3-c3cc(C(C)(C)C)ccc3N12)-c1cc(C(C)(C)C)ccc1N1B4N2c3ccc(C(C)(C)C)cc3Sc3c(C)c(C)cc1c32. The van der Waals surface area contributed by atoms with Gasteiger partial charge in [0.2, 0.25) is 0 Å². The smallest absolute Gasteiger partial charge is 0.359 e. The van der Waals surface area contributed by atoms with Gasteiger partial charge in [0.25, 0.3) is 0 Å². The molecule has 0 atom stereocenters. The van der Waals surface area contributed by atoms with Crippen LogP contribution in [0.3, 0.4) is 0 Å². The number of hydrogen-bond donors (Lipinski definition) is 0. The van der Waals surface area contributed by atoms with E-state index in [1.54, 1.807) is 0 Å². The Morgan fingerprint density at radius 3 is 1.06 bits per heavy atom. The Labute approximate surface area is 424 Å². The largest absolute Gasteiger partial charge is 0.432 e. The molecule has 9 heteroatoms. The maximum absolute atomic E-state index is 2.76. The van der Waals surface area contributed by atoms with Crippen LogP contribution in [-0.2, 0) is 21.7 Å². The standard InChI is InChI=1S/C60H62B2N4S3/c1-31-25-45-51-53(33(31)3)67-47-29-37(59(11,12)13)19-23-43(47)65(51)61-55-49(39-27-35(57(5,6)7)17-21-41(39)63(45)61)50-40-28-36(58(8,9)10)18-22-42(40)64-46-26-32(2)34(4)54-52(46)66(62(64)56(50)69-55)44-24-20-38(60(14,15)16)30-48(44)68-54/h17-30H,1-16H3. The number of hydrogen-bond acceptors (Lipinski definition) is 7. The molecule has 6 aliphatic heterocycles. The second kappa shape index (κ2) is 13.9. The summed E-state index contributed by atoms with van der Waals surface area (Å²) in [4.78, 5) is 16.5. The van der Waals surface area contributed by atoms with Crippen molar-refractivity contribution in [2.75, 3.05) is 19.2 Å². The Morgan fingerprint density at radius 1 is 0.377 bits per heavy atom. The number of rotatable bonds is 0. The summed E-state index contributed by atoms with van der Waals surface area (Å²) in [6, 6.07) is 34.6. The molecule has 6 aromatic carbocycles. The van der Waals surface area contributed by atoms with Crippen LogP contribution in [0.15, 0.2) is 105 Å². The van der Waals surface area contributed by atoms with Crippen molar-refractivity contribution in [3.63, 3.8) is 0 Å². The van der Waals surface area contributed by atoms with Crippen molar-refractivity contribution in [2.24, 2.45) is 0 Å². The van der Waals surface area contributed by atoms with Crippen LogP contribution in [0.1, 0.15) is 128 Å². The minimum Gasteiger partial charge on any atom is -0.359 e. The van der Waals surface area contributed by atoms with Crippen LogP contribution in [0.5, 0.6) is 0 Å². The molecule has 4 nitrogen and oxygen atoms in total. The number of benzene rings is 6. The first-order valence-corrected chi connectivity index (χ1v) is 27.4. The normalized spacial score (nSPS) is 15.8. The van der Waals surface area contributed by atoms with E-state index in [0.717, 1.165) is 0 Å². The fraction of sp³-hybridized carbons (Fsp3) is 0.333. The summed E-state index contributed by atoms with van der Waals surface area (Å²) in [7, 11) is 0. The Morgan fingerprint density at radius 2 is 0.710 bits per heavy atom. The quantitative estimate of drug-likeness (QED) is 0.140. The maximum Gasteiger partial charge on any atom is 0.432 e. The minimum atomic E-state index is -0.0660. The Balaban J connectivity index is 1.15. The second-order valence-corrected chi connectivity index (χ2v) is 28.1. The van der Waals surface area contributed by atoms with Crippen molar-refractivity contribution in [1.82, 2.24) is 0 Å². The van der Waals surface area contributed by atoms with Crippen LogP contribution in [-0.4, -0.2) is 14.0 Å². The van der Waals surface area contributed by atoms with Crippen molar-refractivity contribution < 1.29 is 0 Å². The van der Waals surface area contributed by atoms with E-state index in [0.29, 0.717) is 0 Å². The highest BCUT2D eigenvalue weighted by molar-refractivity contribution is 8.00. The molecule has 1 aromatic heterocycles. The van der Waals surface area contributed by atoms with E-state index in [1.165, 1.54) is 141 Å². The number of thiophene rings is 1. The van der Waals surface area contributed by atoms with Crippen molar-refractivity contribution in [3.8, 4) is 22.3 Å². The highest BCUT2D eigenvalue weighted by atomic mass is 32.2. The average Bonchev–Trinajstić information content (AvgIpc) is 3.95. The molecular formula is C60H62B2N4S3. The predicted molar refractivity (Wildman–Crippen MR) is 302 cm³/mol. The van der Waals surface area contributed by atoms with Gasteiger partial charge in [0, 0.05) is 74.1 Å². The van der Waals surface area contributed by atoms with E-state index in [2.05, 4.69) is 226 Å². The maximum atomic E-state index is 2.76. The molecule has 6 aliphatic rings. The summed E-state index contributed by atoms with van der Waals surface area (Å²) in [5.41, 5.74) is 27.0. The van der Waals surface area contributed by atoms with Crippen LogP contribution in [0.4, 0.5) is 45.5 Å². The van der Waals surface area contributed by atoms with Gasteiger partial charge in [0.1, 0.15) is 0 Å². The lowest BCUT2D eigenvalue weighted by Gasteiger charge is -2.39. The molecule has 13 rings (SSSR count). The van der Waals surface area contributed by atoms with Gasteiger partial charge in [-0.25, -0.2) is 0 Å². The van der Waals surface area contributed by atoms with Gasteiger partial charge in [-0.2, -0.15) is 11.3 Å². The molecule has 0 aliphatic carbocycles. The first-order chi connectivity index (χ1) is 32.4. The molecule has 0 saturated carbocycles. The zero-order chi connectivity index (χ0) is 48.5. The molecule has 0 amide bonds. The van der Waals surface area contributed by atoms with Crippen LogP contribution in [0.25, 0.3) is 22.3 Å². The fourth-order valence-electron chi connectivity index (χ4n) is 12.0. The van der Waals surface area contributed by atoms with E-state index in [9.17, 15) is 0 Å². The van der Waals surface area contributed by atoms with Crippen molar-refractivity contribution >= 4 is 104 Å². The van der Waals surface area contributed by atoms with E-state index >= 15 is 0 Å². The fourth-order valence-corrected chi connectivity index (χ4v) is 16.0. The predicted octanol–water partition coefficient (Wildman–Crippen LogP) is 16.4. The number of aryl methyl sites for hydroxylation is 2. The lowest BCUT2D eigenvalue weighted by atomic mass is 9.60. The molecule has 0 unspecified atom stereocenters. The summed E-state index contributed by atoms with van der Waals surface area (Å²) in [5, 5.41) is 0. The average molecular weight is 957 g/mol. The number of anilines is 8. The summed E-state index contributed by atoms with van der Waals surface area (Å²) in [6.07, 6.45) is 0. The minimum absolute atomic E-state index is 0.0321. The van der Waals surface area contributed by atoms with Crippen LogP contribution in [0, 0.1) is 27.7 Å². The van der Waals surface area contributed by atoms with E-state index in [4.69, 9.17) is 0 Å². The number of nitrogens with zero attached hydrogens (tertiary/aromatic N) is 4. The van der Waals surface area contributed by atoms with Gasteiger partial charge in [-0.05, 0) is 155 Å². The zero-order valence-electron chi connectivity index (χ0n) is 43.3. The highest BCUT2D eigenvalue weighted by Gasteiger charge is 2.58. The topological polar surface area (TPSA) is 13.0 Å². The van der Waals surface area contributed by atoms with Crippen molar-refractivity contribution in [3.05, 3.63) is 129 Å². The third-order valence-electron chi connectivity index (χ3n) is 16.3. The molecule has 0 spiro atoms. The second-order valence-electron chi connectivity index (χ2n) is 24.9. The van der Waals surface area contributed by atoms with Gasteiger partial charge in [-0.1, -0.05) is 131 Å². The lowest BCUT2D eigenvalue weighted by molar-refractivity contribution is 0.588. The van der Waals surface area contributed by atoms with Gasteiger partial charge in [-0.15, -0.1) is 0 Å². The first kappa shape index (κ1) is 44.0. The van der Waals surface area contributed by atoms with Crippen LogP contribution < -0.4 is 28.8 Å². The van der Waals surface area contributed by atoms with E-state index < -0.39 is 0 Å². The van der Waals surface area contributed by atoms with Crippen molar-refractivity contribution in [1.29, 1.82) is 0 Å². The van der Waals surface area contributed by atoms with Crippen LogP contribution in [0.2, 0.25) is 0 Å². The van der Waals surface area contributed by atoms with Gasteiger partial charge in [-0.3, -0.25) is 0 Å². The molecule has 346 valence electrons. The van der Waals surface area contributed by atoms with Gasteiger partial charge in [0.15, 0.2) is 0 Å². The molecule has 0 N–H and O–H groups in total. The summed E-state index contributed by atoms with van der Waals surface area (Å²) in [5.74, 6) is 0. The Kier molecular flexibility index (Phi) is 8.88. The highest BCUT2D eigenvalue weighted by Crippen LogP contribution is 2.65. The molecule has 0 radical (unpaired) electrons. The summed E-state index contributed by atoms with van der Waals surface area (Å²) >= 11 is 6.05. The van der Waals surface area contributed by atoms with Gasteiger partial charge < -0.3 is 19.2 Å². The summed E-state index contributed by atoms with van der Waals surface area (Å²) < 4.78 is 2.86. The third kappa shape index (κ3) is 5.93. The molecular weight excluding hydrogens is 895 g/mol. The molecule has 0 saturated heterocycles. The van der Waals surface area contributed by atoms with E-state index in [-0.39, 0.29) is 35.6 Å². The Hall–Kier alpha value is -4.95. The zero-order valence-corrected chi connectivity index (χ0v) is 45.7. The summed E-state index contributed by atoms with van der Waals surface area (Å²) in [6.45, 7) is 37.5. The van der Waals surface area contributed by atoms with Crippen LogP contribution >= 0.6 is 34.9 Å². The van der Waals surface area contributed by atoms with Gasteiger partial charge >= 0.3 is 14.0 Å². The first-order valence-electron chi connectivity index (χ1n) is 25.0. The molecule has 7 heterocycles. The molecule has 7 aromatic rings. The monoisotopic (exact) mass is 956 g/mol. The molecule has 69 heavy (non-hydrogen) atoms. The Bertz CT molecular complexity index is 3260. The number of fused-ring (bicyclic) bond motifs is 21. The van der Waals surface area contributed by atoms with Gasteiger partial charge in [0.05, 0.1) is 22.7 Å². The molecule has 0 bridgehead atoms. The molecule has 0 fully saturated rings. The third-order valence-corrected chi connectivity index (χ3v) is 20.0. The lowest BCUT2D eigenvalue weighted by Crippen LogP contribution is -2.55. The van der Waals surface area contributed by atoms with E-state index in [1.807, 2.05) is 23.5 Å².